The first-order chi connectivity index (χ1) is 6.77. The molecule has 0 saturated carbocycles. The van der Waals surface area contributed by atoms with Gasteiger partial charge in [-0.2, -0.15) is 0 Å². The van der Waals surface area contributed by atoms with Crippen LogP contribution in [0.3, 0.4) is 0 Å². The maximum atomic E-state index is 13.2. The molecule has 0 atom stereocenters. The highest BCUT2D eigenvalue weighted by Gasteiger charge is 2.07. The van der Waals surface area contributed by atoms with E-state index in [-0.39, 0.29) is 12.1 Å². The molecule has 1 nitrogen and oxygen atoms in total. The first-order valence-electron chi connectivity index (χ1n) is 4.31. The largest absolute Gasteiger partial charge is 0.350 e. The summed E-state index contributed by atoms with van der Waals surface area (Å²) >= 11 is 0. The smallest absolute Gasteiger partial charge is 0.131 e. The first-order valence-corrected chi connectivity index (χ1v) is 4.31. The van der Waals surface area contributed by atoms with Crippen LogP contribution in [0.2, 0.25) is 0 Å². The van der Waals surface area contributed by atoms with Crippen molar-refractivity contribution in [1.82, 2.24) is 4.57 Å². The summed E-state index contributed by atoms with van der Waals surface area (Å²) in [6, 6.07) is 7.53. The molecule has 0 spiro atoms. The van der Waals surface area contributed by atoms with Crippen molar-refractivity contribution in [2.75, 3.05) is 0 Å². The van der Waals surface area contributed by atoms with E-state index in [1.807, 2.05) is 12.1 Å². The normalized spacial score (nSPS) is 10.4. The van der Waals surface area contributed by atoms with Gasteiger partial charge in [0.25, 0.3) is 0 Å². The van der Waals surface area contributed by atoms with Gasteiger partial charge in [0.05, 0.1) is 6.54 Å². The predicted octanol–water partition coefficient (Wildman–Crippen LogP) is 2.81. The van der Waals surface area contributed by atoms with E-state index < -0.39 is 11.6 Å². The molecular formula is C11H9F2N. The van der Waals surface area contributed by atoms with Gasteiger partial charge < -0.3 is 4.57 Å². The van der Waals surface area contributed by atoms with Gasteiger partial charge in [0, 0.05) is 18.0 Å². The highest BCUT2D eigenvalue weighted by Crippen LogP contribution is 2.13. The minimum absolute atomic E-state index is 0.101. The van der Waals surface area contributed by atoms with Crippen LogP contribution in [0.4, 0.5) is 8.78 Å². The molecule has 0 amide bonds. The van der Waals surface area contributed by atoms with E-state index in [1.54, 1.807) is 17.0 Å². The Hall–Kier alpha value is -1.64. The molecule has 2 rings (SSSR count). The second-order valence-electron chi connectivity index (χ2n) is 3.06. The summed E-state index contributed by atoms with van der Waals surface area (Å²) < 4.78 is 28.1. The van der Waals surface area contributed by atoms with Crippen LogP contribution in [0.15, 0.2) is 42.7 Å². The average molecular weight is 193 g/mol. The van der Waals surface area contributed by atoms with E-state index in [0.29, 0.717) is 0 Å². The molecule has 1 heterocycles. The summed E-state index contributed by atoms with van der Waals surface area (Å²) in [7, 11) is 0. The van der Waals surface area contributed by atoms with E-state index in [0.717, 1.165) is 0 Å². The molecule has 2 aromatic rings. The Morgan fingerprint density at radius 2 is 1.50 bits per heavy atom. The summed E-state index contributed by atoms with van der Waals surface area (Å²) in [6.07, 6.45) is 3.54. The molecule has 0 aliphatic rings. The third-order valence-electron chi connectivity index (χ3n) is 2.07. The van der Waals surface area contributed by atoms with Gasteiger partial charge >= 0.3 is 0 Å². The monoisotopic (exact) mass is 193 g/mol. The summed E-state index contributed by atoms with van der Waals surface area (Å²) in [4.78, 5) is 0. The maximum Gasteiger partial charge on any atom is 0.131 e. The van der Waals surface area contributed by atoms with Crippen LogP contribution in [0.25, 0.3) is 0 Å². The topological polar surface area (TPSA) is 4.93 Å². The quantitative estimate of drug-likeness (QED) is 0.691. The molecule has 72 valence electrons. The zero-order valence-electron chi connectivity index (χ0n) is 7.45. The highest BCUT2D eigenvalue weighted by molar-refractivity contribution is 5.20. The van der Waals surface area contributed by atoms with Crippen LogP contribution in [0.5, 0.6) is 0 Å². The van der Waals surface area contributed by atoms with Gasteiger partial charge in [-0.05, 0) is 24.3 Å². The Kier molecular flexibility index (Phi) is 2.31. The molecular weight excluding hydrogens is 184 g/mol. The van der Waals surface area contributed by atoms with Crippen LogP contribution >= 0.6 is 0 Å². The zero-order valence-corrected chi connectivity index (χ0v) is 7.45. The number of rotatable bonds is 2. The molecule has 0 N–H and O–H groups in total. The van der Waals surface area contributed by atoms with Gasteiger partial charge in [-0.25, -0.2) is 8.78 Å². The summed E-state index contributed by atoms with van der Waals surface area (Å²) in [6.45, 7) is 0.228. The van der Waals surface area contributed by atoms with E-state index in [2.05, 4.69) is 0 Å². The number of hydrogen-bond acceptors (Lipinski definition) is 0. The lowest BCUT2D eigenvalue weighted by molar-refractivity contribution is 0.545. The molecule has 3 heteroatoms. The fourth-order valence-corrected chi connectivity index (χ4v) is 1.34. The van der Waals surface area contributed by atoms with Crippen LogP contribution in [-0.4, -0.2) is 4.57 Å². The van der Waals surface area contributed by atoms with E-state index >= 15 is 0 Å². The van der Waals surface area contributed by atoms with Gasteiger partial charge in [0.2, 0.25) is 0 Å². The van der Waals surface area contributed by atoms with Gasteiger partial charge in [-0.1, -0.05) is 6.07 Å². The zero-order chi connectivity index (χ0) is 9.97. The van der Waals surface area contributed by atoms with Crippen LogP contribution in [-0.2, 0) is 6.54 Å². The molecule has 1 aromatic carbocycles. The second kappa shape index (κ2) is 3.62. The third-order valence-corrected chi connectivity index (χ3v) is 2.07. The van der Waals surface area contributed by atoms with Crippen LogP contribution < -0.4 is 0 Å². The average Bonchev–Trinajstić information content (AvgIpc) is 2.64. The predicted molar refractivity (Wildman–Crippen MR) is 49.9 cm³/mol. The number of aromatic nitrogens is 1. The van der Waals surface area contributed by atoms with E-state index in [4.69, 9.17) is 0 Å². The number of halogens is 2. The molecule has 0 aliphatic carbocycles. The van der Waals surface area contributed by atoms with Crippen LogP contribution in [0, 0.1) is 11.6 Å². The molecule has 0 fully saturated rings. The summed E-state index contributed by atoms with van der Waals surface area (Å²) in [5.41, 5.74) is 0.101. The lowest BCUT2D eigenvalue weighted by Gasteiger charge is -2.05. The minimum Gasteiger partial charge on any atom is -0.350 e. The number of hydrogen-bond donors (Lipinski definition) is 0. The van der Waals surface area contributed by atoms with Crippen molar-refractivity contribution in [1.29, 1.82) is 0 Å². The van der Waals surface area contributed by atoms with Crippen molar-refractivity contribution in [3.63, 3.8) is 0 Å². The van der Waals surface area contributed by atoms with Gasteiger partial charge in [0.15, 0.2) is 0 Å². The van der Waals surface area contributed by atoms with Gasteiger partial charge in [-0.15, -0.1) is 0 Å². The van der Waals surface area contributed by atoms with Crippen molar-refractivity contribution in [3.05, 3.63) is 59.9 Å². The van der Waals surface area contributed by atoms with E-state index in [9.17, 15) is 8.78 Å². The molecule has 0 bridgehead atoms. The molecule has 0 unspecified atom stereocenters. The van der Waals surface area contributed by atoms with Crippen molar-refractivity contribution < 1.29 is 8.78 Å². The summed E-state index contributed by atoms with van der Waals surface area (Å²) in [5.74, 6) is -1.00. The highest BCUT2D eigenvalue weighted by atomic mass is 19.1. The lowest BCUT2D eigenvalue weighted by Crippen LogP contribution is -2.02. The Morgan fingerprint density at radius 1 is 0.929 bits per heavy atom. The van der Waals surface area contributed by atoms with Crippen LogP contribution in [0.1, 0.15) is 5.56 Å². The molecule has 0 aliphatic heterocycles. The second-order valence-corrected chi connectivity index (χ2v) is 3.06. The number of nitrogens with zero attached hydrogens (tertiary/aromatic N) is 1. The standard InChI is InChI=1S/C11H9F2N/c12-10-4-3-5-11(13)9(10)8-14-6-1-2-7-14/h1-7H,8H2. The summed E-state index contributed by atoms with van der Waals surface area (Å²) in [5, 5.41) is 0. The number of benzene rings is 1. The first kappa shape index (κ1) is 8.94. The van der Waals surface area contributed by atoms with Gasteiger partial charge in [-0.3, -0.25) is 0 Å². The molecule has 0 saturated heterocycles. The fraction of sp³-hybridized carbons (Fsp3) is 0.0909. The Labute approximate surface area is 80.6 Å². The maximum absolute atomic E-state index is 13.2. The lowest BCUT2D eigenvalue weighted by atomic mass is 10.2. The minimum atomic E-state index is -0.501. The molecule has 1 aromatic heterocycles. The Bertz CT molecular complexity index is 401. The Morgan fingerprint density at radius 3 is 2.07 bits per heavy atom. The van der Waals surface area contributed by atoms with Crippen molar-refractivity contribution in [3.8, 4) is 0 Å². The van der Waals surface area contributed by atoms with Crippen molar-refractivity contribution in [2.45, 2.75) is 6.54 Å². The Balaban J connectivity index is 2.33. The fourth-order valence-electron chi connectivity index (χ4n) is 1.34. The van der Waals surface area contributed by atoms with Gasteiger partial charge in [0.1, 0.15) is 11.6 Å². The van der Waals surface area contributed by atoms with Crippen molar-refractivity contribution in [2.24, 2.45) is 0 Å². The molecule has 14 heavy (non-hydrogen) atoms. The third kappa shape index (κ3) is 1.66. The molecule has 0 radical (unpaired) electrons. The van der Waals surface area contributed by atoms with Crippen molar-refractivity contribution >= 4 is 0 Å². The SMILES string of the molecule is Fc1cccc(F)c1Cn1cccc1. The van der Waals surface area contributed by atoms with E-state index in [1.165, 1.54) is 18.2 Å².